The summed E-state index contributed by atoms with van der Waals surface area (Å²) in [6, 6.07) is 0. The smallest absolute Gasteiger partial charge is 0.462 e. The van der Waals surface area contributed by atoms with Crippen molar-refractivity contribution in [1.29, 1.82) is 0 Å². The van der Waals surface area contributed by atoms with Gasteiger partial charge < -0.3 is 33.8 Å². The molecule has 534 valence electrons. The summed E-state index contributed by atoms with van der Waals surface area (Å²) in [6.07, 6.45) is 51.8. The molecule has 3 N–H and O–H groups in total. The van der Waals surface area contributed by atoms with Gasteiger partial charge in [-0.3, -0.25) is 37.3 Å². The molecule has 0 fully saturated rings. The molecular formula is C71H138O17P2. The molecule has 0 saturated carbocycles. The van der Waals surface area contributed by atoms with Crippen molar-refractivity contribution in [2.75, 3.05) is 39.6 Å². The topological polar surface area (TPSA) is 237 Å². The second kappa shape index (κ2) is 64.4. The van der Waals surface area contributed by atoms with E-state index >= 15 is 0 Å². The minimum atomic E-state index is -4.95. The number of unbranched alkanes of at least 4 members (excludes halogenated alkanes) is 43. The largest absolute Gasteiger partial charge is 0.472 e. The summed E-state index contributed by atoms with van der Waals surface area (Å²) in [5, 5.41) is 10.6. The minimum absolute atomic E-state index is 0.105. The summed E-state index contributed by atoms with van der Waals surface area (Å²) < 4.78 is 68.1. The van der Waals surface area contributed by atoms with Crippen LogP contribution in [0.5, 0.6) is 0 Å². The molecule has 2 unspecified atom stereocenters. The normalized spacial score (nSPS) is 14.1. The summed E-state index contributed by atoms with van der Waals surface area (Å²) in [4.78, 5) is 72.3. The Morgan fingerprint density at radius 2 is 0.511 bits per heavy atom. The number of rotatable bonds is 71. The van der Waals surface area contributed by atoms with Gasteiger partial charge in [-0.25, -0.2) is 9.13 Å². The van der Waals surface area contributed by atoms with Gasteiger partial charge in [-0.1, -0.05) is 317 Å². The van der Waals surface area contributed by atoms with Crippen LogP contribution >= 0.6 is 15.6 Å². The molecule has 0 aromatic heterocycles. The highest BCUT2D eigenvalue weighted by atomic mass is 31.2. The van der Waals surface area contributed by atoms with Crippen LogP contribution in [0.1, 0.15) is 369 Å². The van der Waals surface area contributed by atoms with E-state index in [4.69, 9.17) is 37.0 Å². The van der Waals surface area contributed by atoms with Gasteiger partial charge in [0.05, 0.1) is 26.4 Å². The summed E-state index contributed by atoms with van der Waals surface area (Å²) in [5.41, 5.74) is 0. The summed E-state index contributed by atoms with van der Waals surface area (Å²) in [6.45, 7) is 7.14. The molecule has 0 aliphatic heterocycles. The van der Waals surface area contributed by atoms with Crippen LogP contribution in [-0.4, -0.2) is 96.7 Å². The van der Waals surface area contributed by atoms with Gasteiger partial charge in [-0.15, -0.1) is 0 Å². The number of aliphatic hydroxyl groups is 1. The van der Waals surface area contributed by atoms with Crippen molar-refractivity contribution in [3.63, 3.8) is 0 Å². The number of hydrogen-bond donors (Lipinski definition) is 3. The molecule has 0 heterocycles. The summed E-state index contributed by atoms with van der Waals surface area (Å²) in [7, 11) is -9.89. The third-order valence-corrected chi connectivity index (χ3v) is 18.4. The molecule has 0 aliphatic rings. The molecule has 0 bridgehead atoms. The molecule has 19 heteroatoms. The Balaban J connectivity index is 5.12. The highest BCUT2D eigenvalue weighted by molar-refractivity contribution is 7.47. The van der Waals surface area contributed by atoms with E-state index < -0.39 is 97.5 Å². The molecule has 5 atom stereocenters. The summed E-state index contributed by atoms with van der Waals surface area (Å²) >= 11 is 0. The molecule has 0 saturated heterocycles. The maximum atomic E-state index is 13.0. The second-order valence-corrected chi connectivity index (χ2v) is 29.0. The zero-order valence-electron chi connectivity index (χ0n) is 58.3. The average molecular weight is 1330 g/mol. The fourth-order valence-corrected chi connectivity index (χ4v) is 12.4. The highest BCUT2D eigenvalue weighted by Gasteiger charge is 2.30. The van der Waals surface area contributed by atoms with Gasteiger partial charge in [0.25, 0.3) is 0 Å². The number of carbonyl (C=O) groups excluding carboxylic acids is 4. The number of esters is 4. The van der Waals surface area contributed by atoms with Gasteiger partial charge in [-0.2, -0.15) is 0 Å². The van der Waals surface area contributed by atoms with Crippen LogP contribution in [0.25, 0.3) is 0 Å². The van der Waals surface area contributed by atoms with Crippen LogP contribution in [0, 0.1) is 5.92 Å². The lowest BCUT2D eigenvalue weighted by Gasteiger charge is -2.21. The Labute approximate surface area is 549 Å². The monoisotopic (exact) mass is 1320 g/mol. The zero-order valence-corrected chi connectivity index (χ0v) is 60.1. The number of phosphoric ester groups is 2. The molecule has 90 heavy (non-hydrogen) atoms. The second-order valence-electron chi connectivity index (χ2n) is 26.1. The van der Waals surface area contributed by atoms with Crippen molar-refractivity contribution < 1.29 is 80.2 Å². The Morgan fingerprint density at radius 1 is 0.300 bits per heavy atom. The third kappa shape index (κ3) is 64.8. The van der Waals surface area contributed by atoms with Crippen molar-refractivity contribution in [3.05, 3.63) is 0 Å². The van der Waals surface area contributed by atoms with Gasteiger partial charge >= 0.3 is 39.5 Å². The van der Waals surface area contributed by atoms with E-state index in [0.29, 0.717) is 25.7 Å². The number of carbonyl (C=O) groups is 4. The molecule has 0 aromatic carbocycles. The quantitative estimate of drug-likeness (QED) is 0.0222. The Morgan fingerprint density at radius 3 is 0.756 bits per heavy atom. The van der Waals surface area contributed by atoms with E-state index in [1.165, 1.54) is 186 Å². The van der Waals surface area contributed by atoms with Crippen molar-refractivity contribution >= 4 is 39.5 Å². The van der Waals surface area contributed by atoms with Crippen molar-refractivity contribution in [2.24, 2.45) is 5.92 Å². The standard InChI is InChI=1S/C71H138O17P2/c1-6-9-12-15-17-19-21-23-24-25-26-27-28-29-31-33-37-41-46-51-56-70(75)88-67(61-82-69(74)55-50-45-40-36-32-30-22-20-18-16-13-10-7-2)63-86-90(79,80)84-59-65(72)58-83-89(77,78)85-62-66(60-81-68(73)54-49-43-14-11-8-3)87-71(76)57-52-47-42-38-34-35-39-44-48-53-64(4)5/h64-67,72H,6-63H2,1-5H3,(H,77,78)(H,79,80)/t65-,66+,67+/m0/s1. The number of aliphatic hydroxyl groups excluding tert-OH is 1. The highest BCUT2D eigenvalue weighted by Crippen LogP contribution is 2.45. The number of hydrogen-bond acceptors (Lipinski definition) is 15. The van der Waals surface area contributed by atoms with E-state index in [1.807, 2.05) is 0 Å². The van der Waals surface area contributed by atoms with Crippen LogP contribution in [0.15, 0.2) is 0 Å². The summed E-state index contributed by atoms with van der Waals surface area (Å²) in [5.74, 6) is -1.40. The molecule has 0 aliphatic carbocycles. The molecule has 0 amide bonds. The molecule has 0 rings (SSSR count). The lowest BCUT2D eigenvalue weighted by atomic mass is 10.0. The van der Waals surface area contributed by atoms with Gasteiger partial charge in [0.15, 0.2) is 12.2 Å². The van der Waals surface area contributed by atoms with Gasteiger partial charge in [0.2, 0.25) is 0 Å². The van der Waals surface area contributed by atoms with E-state index in [1.54, 1.807) is 0 Å². The Hall–Kier alpha value is -1.94. The van der Waals surface area contributed by atoms with Crippen LogP contribution in [-0.2, 0) is 65.4 Å². The van der Waals surface area contributed by atoms with Crippen LogP contribution in [0.2, 0.25) is 0 Å². The Kier molecular flexibility index (Phi) is 63.0. The van der Waals surface area contributed by atoms with Crippen molar-refractivity contribution in [2.45, 2.75) is 387 Å². The fraction of sp³-hybridized carbons (Fsp3) is 0.944. The first-order chi connectivity index (χ1) is 43.5. The van der Waals surface area contributed by atoms with E-state index in [0.717, 1.165) is 102 Å². The lowest BCUT2D eigenvalue weighted by molar-refractivity contribution is -0.161. The minimum Gasteiger partial charge on any atom is -0.462 e. The number of ether oxygens (including phenoxy) is 4. The maximum Gasteiger partial charge on any atom is 0.472 e. The average Bonchev–Trinajstić information content (AvgIpc) is 3.72. The van der Waals surface area contributed by atoms with Gasteiger partial charge in [0, 0.05) is 25.7 Å². The zero-order chi connectivity index (χ0) is 66.3. The van der Waals surface area contributed by atoms with Crippen molar-refractivity contribution in [3.8, 4) is 0 Å². The predicted octanol–water partition coefficient (Wildman–Crippen LogP) is 20.5. The third-order valence-electron chi connectivity index (χ3n) is 16.5. The molecule has 17 nitrogen and oxygen atoms in total. The maximum absolute atomic E-state index is 13.0. The number of phosphoric acid groups is 2. The first-order valence-corrected chi connectivity index (χ1v) is 40.1. The predicted molar refractivity (Wildman–Crippen MR) is 363 cm³/mol. The fourth-order valence-electron chi connectivity index (χ4n) is 10.8. The lowest BCUT2D eigenvalue weighted by Crippen LogP contribution is -2.30. The Bertz CT molecular complexity index is 1740. The van der Waals surface area contributed by atoms with E-state index in [2.05, 4.69) is 34.6 Å². The molecular weight excluding hydrogens is 1190 g/mol. The molecule has 0 aromatic rings. The van der Waals surface area contributed by atoms with Gasteiger partial charge in [0.1, 0.15) is 19.3 Å². The SMILES string of the molecule is CCCCCCCCCCCCCCCCCCCCCCC(=O)O[C@H](COC(=O)CCCCCCCCCCCCCCC)COP(=O)(O)OC[C@@H](O)COP(=O)(O)OC[C@@H](COC(=O)CCCCCCC)OC(=O)CCCCCCCCCCCC(C)C. The van der Waals surface area contributed by atoms with Crippen LogP contribution in [0.4, 0.5) is 0 Å². The van der Waals surface area contributed by atoms with Crippen molar-refractivity contribution in [1.82, 2.24) is 0 Å². The van der Waals surface area contributed by atoms with Crippen LogP contribution in [0.3, 0.4) is 0 Å². The molecule has 0 radical (unpaired) electrons. The van der Waals surface area contributed by atoms with Gasteiger partial charge in [-0.05, 0) is 31.6 Å². The molecule has 0 spiro atoms. The first kappa shape index (κ1) is 88.1. The van der Waals surface area contributed by atoms with E-state index in [-0.39, 0.29) is 25.7 Å². The van der Waals surface area contributed by atoms with Crippen LogP contribution < -0.4 is 0 Å². The first-order valence-electron chi connectivity index (χ1n) is 37.1. The van der Waals surface area contributed by atoms with E-state index in [9.17, 15) is 43.2 Å².